The maximum absolute atomic E-state index is 5.91. The largest absolute Gasteiger partial charge is 0.470 e. The van der Waals surface area contributed by atoms with Gasteiger partial charge in [0.25, 0.3) is 0 Å². The number of hydrogen-bond donors (Lipinski definition) is 1. The number of rotatable bonds is 3. The Morgan fingerprint density at radius 3 is 2.83 bits per heavy atom. The molecule has 18 heavy (non-hydrogen) atoms. The van der Waals surface area contributed by atoms with Gasteiger partial charge in [-0.15, -0.1) is 0 Å². The number of nitrogen functional groups attached to an aromatic ring is 1. The minimum absolute atomic E-state index is 0.627. The maximum Gasteiger partial charge on any atom is 0.146 e. The predicted molar refractivity (Wildman–Crippen MR) is 72.1 cm³/mol. The number of hydrogen-bond acceptors (Lipinski definition) is 3. The van der Waals surface area contributed by atoms with E-state index in [9.17, 15) is 0 Å². The molecule has 0 unspecified atom stereocenters. The predicted octanol–water partition coefficient (Wildman–Crippen LogP) is 3.29. The van der Waals surface area contributed by atoms with Crippen molar-refractivity contribution in [2.24, 2.45) is 0 Å². The molecule has 0 aliphatic carbocycles. The number of benzene rings is 1. The van der Waals surface area contributed by atoms with Gasteiger partial charge < -0.3 is 14.7 Å². The molecule has 0 saturated carbocycles. The van der Waals surface area contributed by atoms with E-state index >= 15 is 0 Å². The maximum atomic E-state index is 5.91. The highest BCUT2D eigenvalue weighted by Gasteiger charge is 2.15. The van der Waals surface area contributed by atoms with Crippen molar-refractivity contribution in [2.45, 2.75) is 19.9 Å². The minimum atomic E-state index is 0.627. The zero-order valence-electron chi connectivity index (χ0n) is 10.3. The molecule has 0 radical (unpaired) electrons. The summed E-state index contributed by atoms with van der Waals surface area (Å²) in [5, 5.41) is 0. The second kappa shape index (κ2) is 4.22. The second-order valence-electron chi connectivity index (χ2n) is 4.32. The molecule has 2 N–H and O–H groups in total. The van der Waals surface area contributed by atoms with E-state index in [1.54, 1.807) is 12.5 Å². The molecule has 4 heteroatoms. The smallest absolute Gasteiger partial charge is 0.146 e. The third kappa shape index (κ3) is 1.57. The summed E-state index contributed by atoms with van der Waals surface area (Å²) in [5.74, 6) is 0.879. The molecule has 1 aromatic carbocycles. The van der Waals surface area contributed by atoms with Crippen LogP contribution in [0.4, 0.5) is 5.69 Å². The van der Waals surface area contributed by atoms with Crippen LogP contribution >= 0.6 is 0 Å². The Bertz CT molecular complexity index is 681. The molecule has 2 heterocycles. The first-order chi connectivity index (χ1) is 8.81. The van der Waals surface area contributed by atoms with E-state index in [0.717, 1.165) is 35.4 Å². The van der Waals surface area contributed by atoms with Gasteiger partial charge in [0.2, 0.25) is 0 Å². The van der Waals surface area contributed by atoms with Gasteiger partial charge in [0.15, 0.2) is 0 Å². The fourth-order valence-electron chi connectivity index (χ4n) is 2.22. The lowest BCUT2D eigenvalue weighted by molar-refractivity contribution is 0.568. The van der Waals surface area contributed by atoms with Crippen molar-refractivity contribution < 1.29 is 4.42 Å². The number of fused-ring (bicyclic) bond motifs is 1. The third-order valence-corrected chi connectivity index (χ3v) is 3.03. The van der Waals surface area contributed by atoms with Crippen LogP contribution in [0.2, 0.25) is 0 Å². The van der Waals surface area contributed by atoms with Crippen molar-refractivity contribution in [3.05, 3.63) is 36.8 Å². The van der Waals surface area contributed by atoms with Crippen molar-refractivity contribution >= 4 is 16.7 Å². The summed E-state index contributed by atoms with van der Waals surface area (Å²) in [4.78, 5) is 4.66. The van der Waals surface area contributed by atoms with Crippen molar-refractivity contribution in [2.75, 3.05) is 5.73 Å². The summed E-state index contributed by atoms with van der Waals surface area (Å²) >= 11 is 0. The summed E-state index contributed by atoms with van der Waals surface area (Å²) in [6.45, 7) is 3.07. The minimum Gasteiger partial charge on any atom is -0.470 e. The second-order valence-corrected chi connectivity index (χ2v) is 4.32. The van der Waals surface area contributed by atoms with Crippen molar-refractivity contribution in [1.29, 1.82) is 0 Å². The number of para-hydroxylation sites is 2. The Balaban J connectivity index is 2.28. The van der Waals surface area contributed by atoms with Gasteiger partial charge in [0, 0.05) is 6.54 Å². The van der Waals surface area contributed by atoms with Crippen LogP contribution < -0.4 is 5.73 Å². The zero-order chi connectivity index (χ0) is 12.5. The third-order valence-electron chi connectivity index (χ3n) is 3.03. The van der Waals surface area contributed by atoms with Gasteiger partial charge in [-0.05, 0) is 18.6 Å². The number of aromatic nitrogens is 2. The van der Waals surface area contributed by atoms with E-state index in [4.69, 9.17) is 10.2 Å². The van der Waals surface area contributed by atoms with Crippen molar-refractivity contribution in [3.63, 3.8) is 0 Å². The topological polar surface area (TPSA) is 57.0 Å². The van der Waals surface area contributed by atoms with Gasteiger partial charge in [-0.1, -0.05) is 19.1 Å². The van der Waals surface area contributed by atoms with Gasteiger partial charge in [-0.25, -0.2) is 4.98 Å². The Labute approximate surface area is 105 Å². The Kier molecular flexibility index (Phi) is 2.55. The van der Waals surface area contributed by atoms with Crippen molar-refractivity contribution in [3.8, 4) is 11.4 Å². The first-order valence-corrected chi connectivity index (χ1v) is 6.08. The number of nitrogens with zero attached hydrogens (tertiary/aromatic N) is 2. The molecule has 0 bridgehead atoms. The normalized spacial score (nSPS) is 11.2. The summed E-state index contributed by atoms with van der Waals surface area (Å²) in [5.41, 5.74) is 9.52. The molecule has 92 valence electrons. The van der Waals surface area contributed by atoms with E-state index in [-0.39, 0.29) is 0 Å². The molecule has 4 nitrogen and oxygen atoms in total. The Morgan fingerprint density at radius 1 is 1.28 bits per heavy atom. The summed E-state index contributed by atoms with van der Waals surface area (Å²) in [7, 11) is 0. The molecule has 3 aromatic rings. The quantitative estimate of drug-likeness (QED) is 0.765. The van der Waals surface area contributed by atoms with E-state index in [1.807, 2.05) is 18.2 Å². The molecule has 0 atom stereocenters. The molecule has 0 saturated heterocycles. The van der Waals surface area contributed by atoms with Crippen LogP contribution in [0, 0.1) is 0 Å². The molecule has 3 rings (SSSR count). The molecular formula is C14H15N3O. The van der Waals surface area contributed by atoms with Crippen LogP contribution in [-0.2, 0) is 6.54 Å². The van der Waals surface area contributed by atoms with Gasteiger partial charge in [0.05, 0.1) is 22.3 Å². The van der Waals surface area contributed by atoms with Crippen molar-refractivity contribution in [1.82, 2.24) is 9.55 Å². The van der Waals surface area contributed by atoms with E-state index in [1.165, 1.54) is 0 Å². The first-order valence-electron chi connectivity index (χ1n) is 6.08. The fourth-order valence-corrected chi connectivity index (χ4v) is 2.22. The van der Waals surface area contributed by atoms with E-state index in [0.29, 0.717) is 5.69 Å². The van der Waals surface area contributed by atoms with Crippen LogP contribution in [0.25, 0.3) is 22.4 Å². The highest BCUT2D eigenvalue weighted by Crippen LogP contribution is 2.29. The number of furan rings is 1. The number of nitrogens with two attached hydrogens (primary N) is 1. The first kappa shape index (κ1) is 10.9. The van der Waals surface area contributed by atoms with Crippen LogP contribution in [0.5, 0.6) is 0 Å². The molecule has 2 aromatic heterocycles. The summed E-state index contributed by atoms with van der Waals surface area (Å²) in [6.07, 6.45) is 4.25. The highest BCUT2D eigenvalue weighted by atomic mass is 16.3. The SMILES string of the molecule is CCCn1c(-c2cocc2N)nc2ccccc21. The van der Waals surface area contributed by atoms with Crippen LogP contribution in [0.1, 0.15) is 13.3 Å². The lowest BCUT2D eigenvalue weighted by atomic mass is 10.2. The molecular weight excluding hydrogens is 226 g/mol. The molecule has 0 aliphatic heterocycles. The Morgan fingerprint density at radius 2 is 2.11 bits per heavy atom. The van der Waals surface area contributed by atoms with Gasteiger partial charge in [0.1, 0.15) is 18.4 Å². The average Bonchev–Trinajstić information content (AvgIpc) is 2.94. The molecule has 0 amide bonds. The van der Waals surface area contributed by atoms with Crippen LogP contribution in [0.15, 0.2) is 41.2 Å². The van der Waals surface area contributed by atoms with Gasteiger partial charge in [-0.2, -0.15) is 0 Å². The lowest BCUT2D eigenvalue weighted by Crippen LogP contribution is -2.00. The van der Waals surface area contributed by atoms with E-state index < -0.39 is 0 Å². The standard InChI is InChI=1S/C14H15N3O/c1-2-7-17-13-6-4-3-5-12(13)16-14(17)10-8-18-9-11(10)15/h3-6,8-9H,2,7,15H2,1H3. The molecule has 0 spiro atoms. The van der Waals surface area contributed by atoms with Crippen LogP contribution in [0.3, 0.4) is 0 Å². The highest BCUT2D eigenvalue weighted by molar-refractivity contribution is 5.83. The fraction of sp³-hybridized carbons (Fsp3) is 0.214. The Hall–Kier alpha value is -2.23. The number of imidazole rings is 1. The molecule has 0 aliphatic rings. The van der Waals surface area contributed by atoms with Gasteiger partial charge in [-0.3, -0.25) is 0 Å². The summed E-state index contributed by atoms with van der Waals surface area (Å²) < 4.78 is 7.34. The van der Waals surface area contributed by atoms with E-state index in [2.05, 4.69) is 22.5 Å². The lowest BCUT2D eigenvalue weighted by Gasteiger charge is -2.06. The molecule has 0 fully saturated rings. The number of aryl methyl sites for hydroxylation is 1. The average molecular weight is 241 g/mol. The van der Waals surface area contributed by atoms with Gasteiger partial charge >= 0.3 is 0 Å². The summed E-state index contributed by atoms with van der Waals surface area (Å²) in [6, 6.07) is 8.12. The monoisotopic (exact) mass is 241 g/mol. The number of anilines is 1. The van der Waals surface area contributed by atoms with Crippen LogP contribution in [-0.4, -0.2) is 9.55 Å². The zero-order valence-corrected chi connectivity index (χ0v) is 10.3.